The number of carbonyl (C=O) groups is 1. The van der Waals surface area contributed by atoms with Crippen molar-refractivity contribution in [3.63, 3.8) is 0 Å². The van der Waals surface area contributed by atoms with Crippen molar-refractivity contribution in [2.45, 2.75) is 0 Å². The molecule has 7 heteroatoms. The molecule has 1 aliphatic rings. The van der Waals surface area contributed by atoms with Crippen LogP contribution < -0.4 is 14.2 Å². The third-order valence-electron chi connectivity index (χ3n) is 3.75. The Balaban J connectivity index is 2.08. The number of methoxy groups -OCH3 is 3. The predicted octanol–water partition coefficient (Wildman–Crippen LogP) is 3.71. The molecular weight excluding hydrogens is 358 g/mol. The lowest BCUT2D eigenvalue weighted by Gasteiger charge is -2.11. The van der Waals surface area contributed by atoms with Crippen molar-refractivity contribution >= 4 is 29.5 Å². The Labute approximate surface area is 155 Å². The summed E-state index contributed by atoms with van der Waals surface area (Å²) in [6.45, 7) is 0. The van der Waals surface area contributed by atoms with Crippen LogP contribution in [0.2, 0.25) is 5.02 Å². The molecule has 0 aromatic heterocycles. The minimum absolute atomic E-state index is 0.108. The van der Waals surface area contributed by atoms with Gasteiger partial charge in [-0.2, -0.15) is 0 Å². The molecule has 0 radical (unpaired) electrons. The van der Waals surface area contributed by atoms with Crippen LogP contribution in [0.4, 0.5) is 0 Å². The van der Waals surface area contributed by atoms with Crippen LogP contribution >= 0.6 is 11.6 Å². The van der Waals surface area contributed by atoms with Gasteiger partial charge in [0.15, 0.2) is 5.70 Å². The zero-order chi connectivity index (χ0) is 18.7. The fraction of sp³-hybridized carbons (Fsp3) is 0.158. The summed E-state index contributed by atoms with van der Waals surface area (Å²) in [6, 6.07) is 10.3. The molecule has 0 saturated carbocycles. The molecule has 6 nitrogen and oxygen atoms in total. The van der Waals surface area contributed by atoms with Gasteiger partial charge in [-0.3, -0.25) is 0 Å². The highest BCUT2D eigenvalue weighted by molar-refractivity contribution is 6.30. The van der Waals surface area contributed by atoms with Crippen LogP contribution in [-0.2, 0) is 9.53 Å². The molecule has 0 spiro atoms. The van der Waals surface area contributed by atoms with E-state index in [4.69, 9.17) is 30.5 Å². The zero-order valence-corrected chi connectivity index (χ0v) is 15.2. The van der Waals surface area contributed by atoms with Gasteiger partial charge in [0.2, 0.25) is 5.90 Å². The molecule has 0 N–H and O–H groups in total. The van der Waals surface area contributed by atoms with Crippen molar-refractivity contribution in [1.82, 2.24) is 0 Å². The van der Waals surface area contributed by atoms with E-state index in [0.717, 1.165) is 0 Å². The highest BCUT2D eigenvalue weighted by Crippen LogP contribution is 2.33. The first-order valence-corrected chi connectivity index (χ1v) is 8.02. The zero-order valence-electron chi connectivity index (χ0n) is 14.4. The van der Waals surface area contributed by atoms with Crippen molar-refractivity contribution in [3.8, 4) is 17.2 Å². The van der Waals surface area contributed by atoms with E-state index in [0.29, 0.717) is 33.4 Å². The molecule has 3 rings (SSSR count). The number of rotatable bonds is 5. The topological polar surface area (TPSA) is 66.3 Å². The monoisotopic (exact) mass is 373 g/mol. The Morgan fingerprint density at radius 3 is 2.27 bits per heavy atom. The highest BCUT2D eigenvalue weighted by atomic mass is 35.5. The average molecular weight is 374 g/mol. The Kier molecular flexibility index (Phi) is 5.14. The third kappa shape index (κ3) is 3.36. The molecule has 2 aromatic carbocycles. The van der Waals surface area contributed by atoms with Crippen molar-refractivity contribution in [1.29, 1.82) is 0 Å². The fourth-order valence-electron chi connectivity index (χ4n) is 2.54. The lowest BCUT2D eigenvalue weighted by molar-refractivity contribution is -0.129. The number of halogens is 1. The van der Waals surface area contributed by atoms with Gasteiger partial charge in [-0.25, -0.2) is 9.79 Å². The first-order chi connectivity index (χ1) is 12.6. The molecule has 0 unspecified atom stereocenters. The number of nitrogens with zero attached hydrogens (tertiary/aromatic N) is 1. The van der Waals surface area contributed by atoms with Gasteiger partial charge in [-0.15, -0.1) is 0 Å². The maximum atomic E-state index is 12.3. The Morgan fingerprint density at radius 1 is 1.00 bits per heavy atom. The third-order valence-corrected chi connectivity index (χ3v) is 3.98. The molecule has 0 aliphatic carbocycles. The summed E-state index contributed by atoms with van der Waals surface area (Å²) >= 11 is 6.03. The first kappa shape index (κ1) is 17.8. The largest absolute Gasteiger partial charge is 0.496 e. The molecule has 134 valence electrons. The van der Waals surface area contributed by atoms with E-state index in [2.05, 4.69) is 4.99 Å². The molecule has 1 aliphatic heterocycles. The van der Waals surface area contributed by atoms with Gasteiger partial charge in [-0.05, 0) is 36.4 Å². The number of hydrogen-bond acceptors (Lipinski definition) is 6. The summed E-state index contributed by atoms with van der Waals surface area (Å²) < 4.78 is 21.3. The van der Waals surface area contributed by atoms with Crippen LogP contribution in [0.5, 0.6) is 17.2 Å². The number of cyclic esters (lactones) is 1. The van der Waals surface area contributed by atoms with Crippen molar-refractivity contribution < 1.29 is 23.7 Å². The summed E-state index contributed by atoms with van der Waals surface area (Å²) in [4.78, 5) is 16.6. The minimum Gasteiger partial charge on any atom is -0.496 e. The van der Waals surface area contributed by atoms with Gasteiger partial charge < -0.3 is 18.9 Å². The first-order valence-electron chi connectivity index (χ1n) is 7.65. The molecule has 0 fully saturated rings. The van der Waals surface area contributed by atoms with Crippen LogP contribution in [0.3, 0.4) is 0 Å². The predicted molar refractivity (Wildman–Crippen MR) is 98.2 cm³/mol. The second kappa shape index (κ2) is 7.49. The maximum Gasteiger partial charge on any atom is 0.363 e. The standard InChI is InChI=1S/C19H16ClNO5/c1-23-14-8-7-12(20)9-11(14)10-13-19(22)26-18(21-13)17-15(24-2)5-4-6-16(17)25-3/h4-10H,1-3H3/b13-10+. The minimum atomic E-state index is -0.588. The smallest absolute Gasteiger partial charge is 0.363 e. The molecule has 0 atom stereocenters. The fourth-order valence-corrected chi connectivity index (χ4v) is 2.72. The number of carbonyl (C=O) groups excluding carboxylic acids is 1. The molecule has 0 bridgehead atoms. The van der Waals surface area contributed by atoms with Crippen LogP contribution in [0.15, 0.2) is 47.1 Å². The van der Waals surface area contributed by atoms with Gasteiger partial charge in [0, 0.05) is 10.6 Å². The van der Waals surface area contributed by atoms with E-state index in [1.165, 1.54) is 21.3 Å². The number of aliphatic imine (C=N–C) groups is 1. The van der Waals surface area contributed by atoms with E-state index >= 15 is 0 Å². The van der Waals surface area contributed by atoms with Crippen LogP contribution in [0.1, 0.15) is 11.1 Å². The summed E-state index contributed by atoms with van der Waals surface area (Å²) in [7, 11) is 4.57. The number of ether oxygens (including phenoxy) is 4. The Bertz CT molecular complexity index is 898. The Morgan fingerprint density at radius 2 is 1.65 bits per heavy atom. The highest BCUT2D eigenvalue weighted by Gasteiger charge is 2.29. The number of benzene rings is 2. The summed E-state index contributed by atoms with van der Waals surface area (Å²) in [6.07, 6.45) is 1.56. The second-order valence-electron chi connectivity index (χ2n) is 5.26. The lowest BCUT2D eigenvalue weighted by atomic mass is 10.1. The van der Waals surface area contributed by atoms with Crippen LogP contribution in [0.25, 0.3) is 6.08 Å². The normalized spacial score (nSPS) is 14.8. The molecule has 1 heterocycles. The SMILES string of the molecule is COc1ccc(Cl)cc1/C=C1/N=C(c2c(OC)cccc2OC)OC1=O. The molecule has 0 amide bonds. The van der Waals surface area contributed by atoms with E-state index in [9.17, 15) is 4.79 Å². The van der Waals surface area contributed by atoms with Gasteiger partial charge >= 0.3 is 5.97 Å². The molecule has 26 heavy (non-hydrogen) atoms. The van der Waals surface area contributed by atoms with E-state index < -0.39 is 5.97 Å². The Hall–Kier alpha value is -2.99. The molecular formula is C19H16ClNO5. The quantitative estimate of drug-likeness (QED) is 0.590. The maximum absolute atomic E-state index is 12.3. The van der Waals surface area contributed by atoms with Crippen molar-refractivity contribution in [2.75, 3.05) is 21.3 Å². The van der Waals surface area contributed by atoms with E-state index in [1.807, 2.05) is 0 Å². The summed E-state index contributed by atoms with van der Waals surface area (Å²) in [5.74, 6) is 1.05. The van der Waals surface area contributed by atoms with Gasteiger partial charge in [0.1, 0.15) is 22.8 Å². The average Bonchev–Trinajstić information content (AvgIpc) is 3.01. The summed E-state index contributed by atoms with van der Waals surface area (Å²) in [5.41, 5.74) is 1.20. The molecule has 2 aromatic rings. The van der Waals surface area contributed by atoms with Crippen molar-refractivity contribution in [2.24, 2.45) is 4.99 Å². The molecule has 0 saturated heterocycles. The second-order valence-corrected chi connectivity index (χ2v) is 5.70. The van der Waals surface area contributed by atoms with Crippen LogP contribution in [0, 0.1) is 0 Å². The van der Waals surface area contributed by atoms with E-state index in [1.54, 1.807) is 42.5 Å². The number of hydrogen-bond donors (Lipinski definition) is 0. The summed E-state index contributed by atoms with van der Waals surface area (Å²) in [5, 5.41) is 0.514. The van der Waals surface area contributed by atoms with Crippen LogP contribution in [-0.4, -0.2) is 33.2 Å². The van der Waals surface area contributed by atoms with Gasteiger partial charge in [0.05, 0.1) is 21.3 Å². The lowest BCUT2D eigenvalue weighted by Crippen LogP contribution is -2.08. The van der Waals surface area contributed by atoms with Crippen molar-refractivity contribution in [3.05, 3.63) is 58.2 Å². The van der Waals surface area contributed by atoms with Gasteiger partial charge in [-0.1, -0.05) is 17.7 Å². The van der Waals surface area contributed by atoms with Gasteiger partial charge in [0.25, 0.3) is 0 Å². The van der Waals surface area contributed by atoms with E-state index in [-0.39, 0.29) is 11.6 Å². The number of esters is 1.